The smallest absolute Gasteiger partial charge is 0.365 e. The first-order valence-corrected chi connectivity index (χ1v) is 8.96. The molecule has 0 bridgehead atoms. The number of hydrogen-bond donors (Lipinski definition) is 1. The molecule has 0 aliphatic rings. The molecule has 0 radical (unpaired) electrons. The number of aryl methyl sites for hydroxylation is 1. The molecule has 7 heteroatoms. The maximum atomic E-state index is 11.6. The molecule has 0 atom stereocenters. The zero-order chi connectivity index (χ0) is 15.6. The average Bonchev–Trinajstić information content (AvgIpc) is 2.82. The Balaban J connectivity index is 2.29. The first-order chi connectivity index (χ1) is 9.82. The number of rotatable bonds is 5. The van der Waals surface area contributed by atoms with Gasteiger partial charge in [-0.3, -0.25) is 0 Å². The molecule has 0 saturated carbocycles. The Hall–Kier alpha value is -1.73. The third kappa shape index (κ3) is 3.68. The van der Waals surface area contributed by atoms with Crippen molar-refractivity contribution in [3.05, 3.63) is 39.7 Å². The van der Waals surface area contributed by atoms with E-state index in [0.717, 1.165) is 21.8 Å². The Kier molecular flexibility index (Phi) is 4.43. The van der Waals surface area contributed by atoms with E-state index < -0.39 is 15.8 Å². The van der Waals surface area contributed by atoms with Crippen LogP contribution in [0.25, 0.3) is 11.3 Å². The number of aromatic carboxylic acids is 1. The van der Waals surface area contributed by atoms with E-state index in [4.69, 9.17) is 5.11 Å². The molecule has 112 valence electrons. The molecule has 21 heavy (non-hydrogen) atoms. The fourth-order valence-corrected chi connectivity index (χ4v) is 3.55. The summed E-state index contributed by atoms with van der Waals surface area (Å²) in [7, 11) is -3.06. The van der Waals surface area contributed by atoms with E-state index in [1.54, 1.807) is 31.2 Å². The Labute approximate surface area is 127 Å². The number of hydrogen-bond acceptors (Lipinski definition) is 5. The summed E-state index contributed by atoms with van der Waals surface area (Å²) in [5.74, 6) is -0.915. The van der Waals surface area contributed by atoms with Crippen LogP contribution in [0.1, 0.15) is 27.2 Å². The summed E-state index contributed by atoms with van der Waals surface area (Å²) >= 11 is 1.13. The molecule has 1 aromatic carbocycles. The second kappa shape index (κ2) is 5.95. The zero-order valence-corrected chi connectivity index (χ0v) is 13.3. The summed E-state index contributed by atoms with van der Waals surface area (Å²) < 4.78 is 23.2. The minimum absolute atomic E-state index is 0.0141. The summed E-state index contributed by atoms with van der Waals surface area (Å²) in [4.78, 5) is 15.8. The minimum atomic E-state index is -3.06. The van der Waals surface area contributed by atoms with E-state index in [-0.39, 0.29) is 16.5 Å². The summed E-state index contributed by atoms with van der Waals surface area (Å²) in [6.45, 7) is 3.44. The molecule has 1 aromatic heterocycles. The van der Waals surface area contributed by atoms with Gasteiger partial charge in [-0.25, -0.2) is 18.2 Å². The topological polar surface area (TPSA) is 84.3 Å². The summed E-state index contributed by atoms with van der Waals surface area (Å²) in [5.41, 5.74) is 2.13. The Morgan fingerprint density at radius 2 is 1.90 bits per heavy atom. The van der Waals surface area contributed by atoms with Gasteiger partial charge < -0.3 is 5.11 Å². The van der Waals surface area contributed by atoms with E-state index >= 15 is 0 Å². The monoisotopic (exact) mass is 325 g/mol. The second-order valence-electron chi connectivity index (χ2n) is 4.60. The standard InChI is InChI=1S/C14H15NO4S2/c1-3-21(18,19)8-10-4-6-11(7-5-10)12-9(2)20-13(15-12)14(16)17/h4-7H,3,8H2,1-2H3,(H,16,17). The third-order valence-electron chi connectivity index (χ3n) is 3.03. The van der Waals surface area contributed by atoms with Gasteiger partial charge in [0.2, 0.25) is 5.01 Å². The largest absolute Gasteiger partial charge is 0.476 e. The lowest BCUT2D eigenvalue weighted by Crippen LogP contribution is -2.06. The van der Waals surface area contributed by atoms with Crippen LogP contribution in [0, 0.1) is 6.92 Å². The number of carbonyl (C=O) groups is 1. The van der Waals surface area contributed by atoms with E-state index in [0.29, 0.717) is 11.3 Å². The van der Waals surface area contributed by atoms with Crippen molar-refractivity contribution < 1.29 is 18.3 Å². The molecule has 0 aliphatic carbocycles. The molecule has 0 unspecified atom stereocenters. The molecule has 0 saturated heterocycles. The normalized spacial score (nSPS) is 11.5. The number of benzene rings is 1. The van der Waals surface area contributed by atoms with Crippen molar-refractivity contribution >= 4 is 27.1 Å². The highest BCUT2D eigenvalue weighted by molar-refractivity contribution is 7.90. The highest BCUT2D eigenvalue weighted by atomic mass is 32.2. The van der Waals surface area contributed by atoms with Crippen molar-refractivity contribution in [3.63, 3.8) is 0 Å². The zero-order valence-electron chi connectivity index (χ0n) is 11.7. The summed E-state index contributed by atoms with van der Waals surface area (Å²) in [6.07, 6.45) is 0. The van der Waals surface area contributed by atoms with Crippen molar-refractivity contribution in [1.82, 2.24) is 4.98 Å². The van der Waals surface area contributed by atoms with E-state index in [2.05, 4.69) is 4.98 Å². The quantitative estimate of drug-likeness (QED) is 0.913. The summed E-state index contributed by atoms with van der Waals surface area (Å²) in [6, 6.07) is 7.02. The van der Waals surface area contributed by atoms with Crippen LogP contribution in [-0.4, -0.2) is 30.2 Å². The van der Waals surface area contributed by atoms with Gasteiger partial charge in [-0.2, -0.15) is 0 Å². The van der Waals surface area contributed by atoms with Crippen LogP contribution in [-0.2, 0) is 15.6 Å². The number of sulfone groups is 1. The molecule has 0 aliphatic heterocycles. The fraction of sp³-hybridized carbons (Fsp3) is 0.286. The van der Waals surface area contributed by atoms with E-state index in [1.165, 1.54) is 0 Å². The van der Waals surface area contributed by atoms with Crippen molar-refractivity contribution in [2.24, 2.45) is 0 Å². The first-order valence-electron chi connectivity index (χ1n) is 6.33. The SMILES string of the molecule is CCS(=O)(=O)Cc1ccc(-c2nc(C(=O)O)sc2C)cc1. The van der Waals surface area contributed by atoms with Crippen molar-refractivity contribution in [3.8, 4) is 11.3 Å². The lowest BCUT2D eigenvalue weighted by molar-refractivity contribution is 0.0696. The van der Waals surface area contributed by atoms with Gasteiger partial charge in [-0.15, -0.1) is 11.3 Å². The molecule has 1 heterocycles. The van der Waals surface area contributed by atoms with Gasteiger partial charge >= 0.3 is 5.97 Å². The van der Waals surface area contributed by atoms with Crippen molar-refractivity contribution in [2.45, 2.75) is 19.6 Å². The van der Waals surface area contributed by atoms with Gasteiger partial charge in [0.1, 0.15) is 0 Å². The van der Waals surface area contributed by atoms with Crippen LogP contribution < -0.4 is 0 Å². The average molecular weight is 325 g/mol. The Morgan fingerprint density at radius 3 is 2.38 bits per heavy atom. The molecular formula is C14H15NO4S2. The number of aromatic nitrogens is 1. The third-order valence-corrected chi connectivity index (χ3v) is 5.64. The number of nitrogens with zero attached hydrogens (tertiary/aromatic N) is 1. The first kappa shape index (κ1) is 15.7. The van der Waals surface area contributed by atoms with Gasteiger partial charge in [-0.1, -0.05) is 31.2 Å². The Morgan fingerprint density at radius 1 is 1.29 bits per heavy atom. The number of carboxylic acids is 1. The van der Waals surface area contributed by atoms with Crippen molar-refractivity contribution in [1.29, 1.82) is 0 Å². The lowest BCUT2D eigenvalue weighted by Gasteiger charge is -2.03. The molecule has 0 spiro atoms. The highest BCUT2D eigenvalue weighted by Gasteiger charge is 2.15. The molecule has 0 amide bonds. The van der Waals surface area contributed by atoms with Gasteiger partial charge in [0, 0.05) is 16.2 Å². The predicted octanol–water partition coefficient (Wildman–Crippen LogP) is 2.75. The molecule has 1 N–H and O–H groups in total. The molecule has 2 rings (SSSR count). The van der Waals surface area contributed by atoms with Crippen LogP contribution in [0.4, 0.5) is 0 Å². The van der Waals surface area contributed by atoms with Crippen LogP contribution in [0.2, 0.25) is 0 Å². The van der Waals surface area contributed by atoms with Crippen LogP contribution >= 0.6 is 11.3 Å². The Bertz CT molecular complexity index is 761. The fourth-order valence-electron chi connectivity index (χ4n) is 1.87. The summed E-state index contributed by atoms with van der Waals surface area (Å²) in [5, 5.41) is 9.01. The van der Waals surface area contributed by atoms with E-state index in [9.17, 15) is 13.2 Å². The second-order valence-corrected chi connectivity index (χ2v) is 8.16. The van der Waals surface area contributed by atoms with Gasteiger partial charge in [0.05, 0.1) is 11.4 Å². The maximum absolute atomic E-state index is 11.6. The maximum Gasteiger partial charge on any atom is 0.365 e. The molecule has 5 nitrogen and oxygen atoms in total. The van der Waals surface area contributed by atoms with Crippen LogP contribution in [0.5, 0.6) is 0 Å². The van der Waals surface area contributed by atoms with Gasteiger partial charge in [0.15, 0.2) is 9.84 Å². The molecular weight excluding hydrogens is 310 g/mol. The molecule has 2 aromatic rings. The lowest BCUT2D eigenvalue weighted by atomic mass is 10.1. The van der Waals surface area contributed by atoms with Gasteiger partial charge in [0.25, 0.3) is 0 Å². The van der Waals surface area contributed by atoms with E-state index in [1.807, 2.05) is 6.92 Å². The van der Waals surface area contributed by atoms with Crippen LogP contribution in [0.15, 0.2) is 24.3 Å². The molecule has 0 fully saturated rings. The number of thiazole rings is 1. The highest BCUT2D eigenvalue weighted by Crippen LogP contribution is 2.28. The predicted molar refractivity (Wildman–Crippen MR) is 82.4 cm³/mol. The van der Waals surface area contributed by atoms with Crippen LogP contribution in [0.3, 0.4) is 0 Å². The van der Waals surface area contributed by atoms with Gasteiger partial charge in [-0.05, 0) is 12.5 Å². The minimum Gasteiger partial charge on any atom is -0.476 e. The van der Waals surface area contributed by atoms with Crippen molar-refractivity contribution in [2.75, 3.05) is 5.75 Å². The number of carboxylic acid groups (broad SMARTS) is 1.